The van der Waals surface area contributed by atoms with Gasteiger partial charge in [0.2, 0.25) is 0 Å². The second-order valence-corrected chi connectivity index (χ2v) is 2.48. The predicted molar refractivity (Wildman–Crippen MR) is 48.9 cm³/mol. The van der Waals surface area contributed by atoms with E-state index in [1.54, 1.807) is 0 Å². The van der Waals surface area contributed by atoms with Gasteiger partial charge in [0.1, 0.15) is 6.61 Å². The summed E-state index contributed by atoms with van der Waals surface area (Å²) in [6.07, 6.45) is 3.51. The van der Waals surface area contributed by atoms with Crippen LogP contribution in [0.1, 0.15) is 19.8 Å². The SMILES string of the molecule is C=CC(=O)OCCNCCCC. The summed E-state index contributed by atoms with van der Waals surface area (Å²) in [7, 11) is 0. The molecule has 0 saturated heterocycles. The van der Waals surface area contributed by atoms with E-state index >= 15 is 0 Å². The Bertz CT molecular complexity index is 134. The summed E-state index contributed by atoms with van der Waals surface area (Å²) in [5.41, 5.74) is 0. The minimum Gasteiger partial charge on any atom is -0.461 e. The first-order valence-electron chi connectivity index (χ1n) is 4.31. The van der Waals surface area contributed by atoms with Crippen molar-refractivity contribution in [2.45, 2.75) is 19.8 Å². The smallest absolute Gasteiger partial charge is 0.330 e. The van der Waals surface area contributed by atoms with Gasteiger partial charge in [0, 0.05) is 12.6 Å². The van der Waals surface area contributed by atoms with Crippen LogP contribution >= 0.6 is 0 Å². The molecule has 0 radical (unpaired) electrons. The number of esters is 1. The highest BCUT2D eigenvalue weighted by Crippen LogP contribution is 1.82. The Labute approximate surface area is 73.8 Å². The van der Waals surface area contributed by atoms with Gasteiger partial charge >= 0.3 is 5.97 Å². The number of carbonyl (C=O) groups is 1. The molecule has 0 aliphatic carbocycles. The molecule has 3 heteroatoms. The fraction of sp³-hybridized carbons (Fsp3) is 0.667. The molecule has 0 spiro atoms. The van der Waals surface area contributed by atoms with Gasteiger partial charge in [-0.1, -0.05) is 19.9 Å². The molecule has 0 bridgehead atoms. The average Bonchev–Trinajstić information content (AvgIpc) is 2.10. The van der Waals surface area contributed by atoms with Crippen LogP contribution in [-0.2, 0) is 9.53 Å². The van der Waals surface area contributed by atoms with E-state index in [4.69, 9.17) is 4.74 Å². The van der Waals surface area contributed by atoms with Crippen molar-refractivity contribution in [2.24, 2.45) is 0 Å². The van der Waals surface area contributed by atoms with Crippen molar-refractivity contribution in [3.8, 4) is 0 Å². The van der Waals surface area contributed by atoms with E-state index in [0.29, 0.717) is 6.61 Å². The molecule has 3 nitrogen and oxygen atoms in total. The zero-order valence-corrected chi connectivity index (χ0v) is 7.64. The summed E-state index contributed by atoms with van der Waals surface area (Å²) in [4.78, 5) is 10.5. The van der Waals surface area contributed by atoms with Crippen LogP contribution in [0.3, 0.4) is 0 Å². The maximum Gasteiger partial charge on any atom is 0.330 e. The lowest BCUT2D eigenvalue weighted by Gasteiger charge is -2.03. The topological polar surface area (TPSA) is 38.3 Å². The molecular formula is C9H17NO2. The van der Waals surface area contributed by atoms with E-state index in [2.05, 4.69) is 18.8 Å². The first-order chi connectivity index (χ1) is 5.81. The zero-order valence-electron chi connectivity index (χ0n) is 7.64. The van der Waals surface area contributed by atoms with Gasteiger partial charge in [-0.15, -0.1) is 0 Å². The highest BCUT2D eigenvalue weighted by Gasteiger charge is 1.93. The Hall–Kier alpha value is -0.830. The minimum absolute atomic E-state index is 0.354. The third kappa shape index (κ3) is 7.28. The zero-order chi connectivity index (χ0) is 9.23. The van der Waals surface area contributed by atoms with E-state index < -0.39 is 0 Å². The van der Waals surface area contributed by atoms with Crippen LogP contribution in [0, 0.1) is 0 Å². The fourth-order valence-corrected chi connectivity index (χ4v) is 0.709. The van der Waals surface area contributed by atoms with Gasteiger partial charge in [-0.2, -0.15) is 0 Å². The Kier molecular flexibility index (Phi) is 7.70. The van der Waals surface area contributed by atoms with Crippen LogP contribution in [0.4, 0.5) is 0 Å². The van der Waals surface area contributed by atoms with Gasteiger partial charge < -0.3 is 10.1 Å². The van der Waals surface area contributed by atoms with Crippen LogP contribution in [0.5, 0.6) is 0 Å². The Balaban J connectivity index is 3.00. The molecule has 0 saturated carbocycles. The third-order valence-corrected chi connectivity index (χ3v) is 1.40. The van der Waals surface area contributed by atoms with Crippen molar-refractivity contribution < 1.29 is 9.53 Å². The highest BCUT2D eigenvalue weighted by atomic mass is 16.5. The first kappa shape index (κ1) is 11.2. The Morgan fingerprint density at radius 2 is 2.33 bits per heavy atom. The quantitative estimate of drug-likeness (QED) is 0.354. The number of rotatable bonds is 7. The molecule has 0 amide bonds. The number of hydrogen-bond acceptors (Lipinski definition) is 3. The molecule has 0 unspecified atom stereocenters. The second-order valence-electron chi connectivity index (χ2n) is 2.48. The van der Waals surface area contributed by atoms with Crippen LogP contribution in [-0.4, -0.2) is 25.7 Å². The van der Waals surface area contributed by atoms with Crippen LogP contribution in [0.25, 0.3) is 0 Å². The molecule has 1 N–H and O–H groups in total. The molecule has 0 rings (SSSR count). The fourth-order valence-electron chi connectivity index (χ4n) is 0.709. The van der Waals surface area contributed by atoms with Crippen molar-refractivity contribution in [3.63, 3.8) is 0 Å². The Morgan fingerprint density at radius 1 is 1.58 bits per heavy atom. The van der Waals surface area contributed by atoms with Gasteiger partial charge in [-0.05, 0) is 13.0 Å². The van der Waals surface area contributed by atoms with Crippen molar-refractivity contribution in [3.05, 3.63) is 12.7 Å². The summed E-state index contributed by atoms with van der Waals surface area (Å²) in [5.74, 6) is -0.354. The van der Waals surface area contributed by atoms with Gasteiger partial charge in [0.05, 0.1) is 0 Å². The normalized spacial score (nSPS) is 9.42. The van der Waals surface area contributed by atoms with E-state index in [1.807, 2.05) is 0 Å². The highest BCUT2D eigenvalue weighted by molar-refractivity contribution is 5.81. The van der Waals surface area contributed by atoms with Crippen molar-refractivity contribution in [1.82, 2.24) is 5.32 Å². The molecule has 70 valence electrons. The molecule has 12 heavy (non-hydrogen) atoms. The first-order valence-corrected chi connectivity index (χ1v) is 4.31. The van der Waals surface area contributed by atoms with E-state index in [1.165, 1.54) is 12.5 Å². The summed E-state index contributed by atoms with van der Waals surface area (Å²) in [5, 5.41) is 3.15. The second kappa shape index (κ2) is 8.27. The summed E-state index contributed by atoms with van der Waals surface area (Å²) in [6.45, 7) is 7.57. The average molecular weight is 171 g/mol. The number of nitrogens with one attached hydrogen (secondary N) is 1. The predicted octanol–water partition coefficient (Wildman–Crippen LogP) is 1.11. The maximum atomic E-state index is 10.5. The number of carbonyl (C=O) groups excluding carboxylic acids is 1. The standard InChI is InChI=1S/C9H17NO2/c1-3-5-6-10-7-8-12-9(11)4-2/h4,10H,2-3,5-8H2,1H3. The molecule has 0 aromatic carbocycles. The van der Waals surface area contributed by atoms with Crippen molar-refractivity contribution >= 4 is 5.97 Å². The molecule has 0 aromatic heterocycles. The van der Waals surface area contributed by atoms with Gasteiger partial charge in [-0.25, -0.2) is 4.79 Å². The molecular weight excluding hydrogens is 154 g/mol. The van der Waals surface area contributed by atoms with E-state index in [9.17, 15) is 4.79 Å². The summed E-state index contributed by atoms with van der Waals surface area (Å²) >= 11 is 0. The largest absolute Gasteiger partial charge is 0.461 e. The third-order valence-electron chi connectivity index (χ3n) is 1.40. The van der Waals surface area contributed by atoms with Crippen molar-refractivity contribution in [2.75, 3.05) is 19.7 Å². The number of unbranched alkanes of at least 4 members (excludes halogenated alkanes) is 1. The molecule has 0 atom stereocenters. The van der Waals surface area contributed by atoms with E-state index in [-0.39, 0.29) is 5.97 Å². The van der Waals surface area contributed by atoms with E-state index in [0.717, 1.165) is 19.5 Å². The monoisotopic (exact) mass is 171 g/mol. The Morgan fingerprint density at radius 3 is 2.92 bits per heavy atom. The summed E-state index contributed by atoms with van der Waals surface area (Å²) in [6, 6.07) is 0. The summed E-state index contributed by atoms with van der Waals surface area (Å²) < 4.78 is 4.75. The molecule has 0 aliphatic heterocycles. The maximum absolute atomic E-state index is 10.5. The molecule has 0 heterocycles. The lowest BCUT2D eigenvalue weighted by atomic mass is 10.3. The molecule has 0 aromatic rings. The molecule has 0 aliphatic rings. The van der Waals surface area contributed by atoms with Crippen molar-refractivity contribution in [1.29, 1.82) is 0 Å². The minimum atomic E-state index is -0.354. The van der Waals surface area contributed by atoms with Gasteiger partial charge in [0.15, 0.2) is 0 Å². The van der Waals surface area contributed by atoms with Gasteiger partial charge in [-0.3, -0.25) is 0 Å². The van der Waals surface area contributed by atoms with Gasteiger partial charge in [0.25, 0.3) is 0 Å². The van der Waals surface area contributed by atoms with Crippen LogP contribution in [0.15, 0.2) is 12.7 Å². The lowest BCUT2D eigenvalue weighted by Crippen LogP contribution is -2.21. The lowest BCUT2D eigenvalue weighted by molar-refractivity contribution is -0.137. The number of ether oxygens (including phenoxy) is 1. The van der Waals surface area contributed by atoms with Crippen LogP contribution < -0.4 is 5.32 Å². The van der Waals surface area contributed by atoms with Crippen LogP contribution in [0.2, 0.25) is 0 Å². The number of hydrogen-bond donors (Lipinski definition) is 1. The molecule has 0 fully saturated rings.